The minimum Gasteiger partial charge on any atom is -0.462 e. The standard InChI is InChI=1S/C43H79O13P/c1-3-5-7-9-11-13-15-17-18-20-22-24-26-28-30-32-37(45)55-35(34-54-57(51,52)56-43-41(49)39(47)38(46)40(48)42(43)50)33-53-36(44)31-29-27-25-23-21-19-16-14-12-10-8-6-4-2/h17-19,21,35,38-43,46-50H,3-16,20,22-34H2,1-2H3,(H,51,52)/b18-17+,21-19+/t35-,38?,39-,40?,41?,42?,43?/m1/s1. The molecule has 0 aromatic heterocycles. The van der Waals surface area contributed by atoms with Gasteiger partial charge in [0, 0.05) is 12.8 Å². The van der Waals surface area contributed by atoms with Crippen molar-refractivity contribution in [2.45, 2.75) is 224 Å². The summed E-state index contributed by atoms with van der Waals surface area (Å²) in [6, 6.07) is 0. The number of phosphoric ester groups is 1. The van der Waals surface area contributed by atoms with E-state index in [1.165, 1.54) is 77.0 Å². The number of aliphatic hydroxyl groups excluding tert-OH is 5. The van der Waals surface area contributed by atoms with Crippen LogP contribution in [0.3, 0.4) is 0 Å². The number of ether oxygens (including phenoxy) is 2. The zero-order valence-corrected chi connectivity index (χ0v) is 36.0. The number of carbonyl (C=O) groups is 2. The summed E-state index contributed by atoms with van der Waals surface area (Å²) in [6.07, 6.45) is 22.4. The third kappa shape index (κ3) is 26.9. The van der Waals surface area contributed by atoms with Gasteiger partial charge in [-0.05, 0) is 64.2 Å². The van der Waals surface area contributed by atoms with Crippen LogP contribution in [0.15, 0.2) is 24.3 Å². The Bertz CT molecular complexity index is 1100. The molecule has 0 bridgehead atoms. The van der Waals surface area contributed by atoms with Crippen LogP contribution in [0.5, 0.6) is 0 Å². The predicted molar refractivity (Wildman–Crippen MR) is 221 cm³/mol. The largest absolute Gasteiger partial charge is 0.472 e. The molecule has 0 amide bonds. The van der Waals surface area contributed by atoms with Gasteiger partial charge in [0.25, 0.3) is 0 Å². The Labute approximate surface area is 343 Å². The molecule has 1 fully saturated rings. The van der Waals surface area contributed by atoms with Crippen molar-refractivity contribution >= 4 is 19.8 Å². The molecular weight excluding hydrogens is 755 g/mol. The first-order valence-electron chi connectivity index (χ1n) is 22.1. The third-order valence-electron chi connectivity index (χ3n) is 10.3. The molecule has 57 heavy (non-hydrogen) atoms. The fourth-order valence-corrected chi connectivity index (χ4v) is 7.60. The number of rotatable bonds is 36. The van der Waals surface area contributed by atoms with Crippen LogP contribution in [0, 0.1) is 0 Å². The van der Waals surface area contributed by atoms with Crippen molar-refractivity contribution in [3.8, 4) is 0 Å². The lowest BCUT2D eigenvalue weighted by molar-refractivity contribution is -0.220. The fourth-order valence-electron chi connectivity index (χ4n) is 6.63. The molecular formula is C43H79O13P. The van der Waals surface area contributed by atoms with E-state index >= 15 is 0 Å². The van der Waals surface area contributed by atoms with Gasteiger partial charge in [-0.15, -0.1) is 0 Å². The van der Waals surface area contributed by atoms with E-state index in [2.05, 4.69) is 38.2 Å². The Balaban J connectivity index is 2.50. The zero-order valence-electron chi connectivity index (χ0n) is 35.1. The lowest BCUT2D eigenvalue weighted by Crippen LogP contribution is -2.64. The second-order valence-corrected chi connectivity index (χ2v) is 16.9. The molecule has 0 heterocycles. The summed E-state index contributed by atoms with van der Waals surface area (Å²) in [5, 5.41) is 50.1. The van der Waals surface area contributed by atoms with E-state index in [1.807, 2.05) is 0 Å². The molecule has 0 saturated heterocycles. The Hall–Kier alpha value is -1.67. The molecule has 0 aliphatic heterocycles. The summed E-state index contributed by atoms with van der Waals surface area (Å²) in [4.78, 5) is 35.6. The number of aliphatic hydroxyl groups is 5. The highest BCUT2D eigenvalue weighted by Crippen LogP contribution is 2.47. The number of unbranched alkanes of at least 4 members (excludes halogenated alkanes) is 20. The van der Waals surface area contributed by atoms with Crippen molar-refractivity contribution in [2.24, 2.45) is 0 Å². The van der Waals surface area contributed by atoms with E-state index in [1.54, 1.807) is 0 Å². The Morgan fingerprint density at radius 1 is 0.526 bits per heavy atom. The lowest BCUT2D eigenvalue weighted by Gasteiger charge is -2.41. The van der Waals surface area contributed by atoms with Crippen molar-refractivity contribution in [2.75, 3.05) is 13.2 Å². The summed E-state index contributed by atoms with van der Waals surface area (Å²) in [6.45, 7) is 3.25. The second kappa shape index (κ2) is 34.1. The molecule has 8 atom stereocenters. The maximum absolute atomic E-state index is 12.8. The zero-order chi connectivity index (χ0) is 42.2. The van der Waals surface area contributed by atoms with Crippen LogP contribution in [-0.2, 0) is 32.7 Å². The lowest BCUT2D eigenvalue weighted by atomic mass is 9.85. The van der Waals surface area contributed by atoms with Crippen LogP contribution in [0.1, 0.15) is 181 Å². The quantitative estimate of drug-likeness (QED) is 0.0153. The minimum atomic E-state index is -5.12. The molecule has 0 aromatic carbocycles. The molecule has 13 nitrogen and oxygen atoms in total. The second-order valence-electron chi connectivity index (χ2n) is 15.5. The van der Waals surface area contributed by atoms with E-state index in [0.717, 1.165) is 64.2 Å². The van der Waals surface area contributed by atoms with E-state index in [0.29, 0.717) is 12.8 Å². The van der Waals surface area contributed by atoms with Crippen molar-refractivity contribution in [1.29, 1.82) is 0 Å². The minimum absolute atomic E-state index is 0.0852. The number of esters is 2. The predicted octanol–water partition coefficient (Wildman–Crippen LogP) is 8.06. The smallest absolute Gasteiger partial charge is 0.462 e. The van der Waals surface area contributed by atoms with Crippen LogP contribution < -0.4 is 0 Å². The SMILES string of the molecule is CCCCCCCC/C=C/CCCCCCCC(=O)O[C@H](COC(=O)CCCCC/C=C/CCCCCCCC)COP(=O)(O)OC1C(O)C(O)C(O)[C@@H](O)C1O. The third-order valence-corrected chi connectivity index (χ3v) is 11.3. The highest BCUT2D eigenvalue weighted by Gasteiger charge is 2.51. The van der Waals surface area contributed by atoms with Gasteiger partial charge in [-0.2, -0.15) is 0 Å². The van der Waals surface area contributed by atoms with Crippen LogP contribution >= 0.6 is 7.82 Å². The van der Waals surface area contributed by atoms with Gasteiger partial charge in [0.1, 0.15) is 43.2 Å². The maximum atomic E-state index is 12.8. The number of carbonyl (C=O) groups excluding carboxylic acids is 2. The summed E-state index contributed by atoms with van der Waals surface area (Å²) < 4.78 is 33.4. The van der Waals surface area contributed by atoms with Crippen molar-refractivity contribution in [3.63, 3.8) is 0 Å². The number of hydrogen-bond acceptors (Lipinski definition) is 12. The van der Waals surface area contributed by atoms with Gasteiger partial charge >= 0.3 is 19.8 Å². The molecule has 0 radical (unpaired) electrons. The molecule has 1 aliphatic carbocycles. The van der Waals surface area contributed by atoms with Crippen LogP contribution in [0.25, 0.3) is 0 Å². The van der Waals surface area contributed by atoms with E-state index in [-0.39, 0.29) is 12.8 Å². The summed E-state index contributed by atoms with van der Waals surface area (Å²) in [5.41, 5.74) is 0. The van der Waals surface area contributed by atoms with Gasteiger partial charge in [0.2, 0.25) is 0 Å². The molecule has 6 unspecified atom stereocenters. The molecule has 1 rings (SSSR count). The Morgan fingerprint density at radius 3 is 1.35 bits per heavy atom. The van der Waals surface area contributed by atoms with Crippen LogP contribution in [0.2, 0.25) is 0 Å². The van der Waals surface area contributed by atoms with E-state index < -0.39 is 75.7 Å². The van der Waals surface area contributed by atoms with Gasteiger partial charge in [-0.3, -0.25) is 18.6 Å². The van der Waals surface area contributed by atoms with Crippen LogP contribution in [0.4, 0.5) is 0 Å². The Kier molecular flexibility index (Phi) is 31.9. The molecule has 6 N–H and O–H groups in total. The molecule has 1 saturated carbocycles. The van der Waals surface area contributed by atoms with Gasteiger partial charge in [-0.1, -0.05) is 128 Å². The molecule has 0 aromatic rings. The number of allylic oxidation sites excluding steroid dienone is 4. The first-order chi connectivity index (χ1) is 27.4. The highest BCUT2D eigenvalue weighted by atomic mass is 31.2. The molecule has 334 valence electrons. The van der Waals surface area contributed by atoms with E-state index in [9.17, 15) is 44.6 Å². The van der Waals surface area contributed by atoms with Crippen molar-refractivity contribution < 1.29 is 63.1 Å². The monoisotopic (exact) mass is 835 g/mol. The van der Waals surface area contributed by atoms with E-state index in [4.69, 9.17) is 18.5 Å². The number of hydrogen-bond donors (Lipinski definition) is 6. The Morgan fingerprint density at radius 2 is 0.895 bits per heavy atom. The van der Waals surface area contributed by atoms with Crippen molar-refractivity contribution in [1.82, 2.24) is 0 Å². The normalized spacial score (nSPS) is 22.9. The van der Waals surface area contributed by atoms with Crippen LogP contribution in [-0.4, -0.2) is 98.3 Å². The average molecular weight is 835 g/mol. The molecule has 0 spiro atoms. The topological polar surface area (TPSA) is 210 Å². The first kappa shape index (κ1) is 53.3. The summed E-state index contributed by atoms with van der Waals surface area (Å²) in [7, 11) is -5.12. The summed E-state index contributed by atoms with van der Waals surface area (Å²) in [5.74, 6) is -1.13. The van der Waals surface area contributed by atoms with Gasteiger partial charge in [-0.25, -0.2) is 4.57 Å². The summed E-state index contributed by atoms with van der Waals surface area (Å²) >= 11 is 0. The molecule has 1 aliphatic rings. The fraction of sp³-hybridized carbons (Fsp3) is 0.860. The van der Waals surface area contributed by atoms with Gasteiger partial charge in [0.05, 0.1) is 6.61 Å². The van der Waals surface area contributed by atoms with Crippen molar-refractivity contribution in [3.05, 3.63) is 24.3 Å². The van der Waals surface area contributed by atoms with Gasteiger partial charge < -0.3 is 39.9 Å². The first-order valence-corrected chi connectivity index (χ1v) is 23.6. The molecule has 14 heteroatoms. The highest BCUT2D eigenvalue weighted by molar-refractivity contribution is 7.47. The maximum Gasteiger partial charge on any atom is 0.472 e. The van der Waals surface area contributed by atoms with Gasteiger partial charge in [0.15, 0.2) is 6.10 Å². The number of phosphoric acid groups is 1. The average Bonchev–Trinajstić information content (AvgIpc) is 3.19.